The van der Waals surface area contributed by atoms with Crippen LogP contribution in [0.1, 0.15) is 24.6 Å². The van der Waals surface area contributed by atoms with Gasteiger partial charge < -0.3 is 10.6 Å². The molecule has 0 aromatic carbocycles. The molecule has 0 radical (unpaired) electrons. The van der Waals surface area contributed by atoms with Crippen LogP contribution >= 0.6 is 11.3 Å². The Kier molecular flexibility index (Phi) is 6.58. The lowest BCUT2D eigenvalue weighted by Gasteiger charge is -2.30. The summed E-state index contributed by atoms with van der Waals surface area (Å²) in [7, 11) is -3.48. The van der Waals surface area contributed by atoms with Gasteiger partial charge in [-0.2, -0.15) is 4.31 Å². The SMILES string of the molecule is CCNCCNC(=O)C1CCCN(S(=O)(=O)c2ccc(C)s2)C1. The van der Waals surface area contributed by atoms with E-state index in [1.807, 2.05) is 19.9 Å². The van der Waals surface area contributed by atoms with Gasteiger partial charge in [0.15, 0.2) is 0 Å². The summed E-state index contributed by atoms with van der Waals surface area (Å²) in [6.45, 7) is 6.82. The van der Waals surface area contributed by atoms with Crippen molar-refractivity contribution in [2.75, 3.05) is 32.7 Å². The first-order valence-electron chi connectivity index (χ1n) is 8.00. The maximum absolute atomic E-state index is 12.7. The van der Waals surface area contributed by atoms with Crippen LogP contribution < -0.4 is 10.6 Å². The average Bonchev–Trinajstić information content (AvgIpc) is 2.99. The van der Waals surface area contributed by atoms with Gasteiger partial charge in [-0.15, -0.1) is 11.3 Å². The van der Waals surface area contributed by atoms with E-state index in [2.05, 4.69) is 10.6 Å². The van der Waals surface area contributed by atoms with Crippen molar-refractivity contribution < 1.29 is 13.2 Å². The highest BCUT2D eigenvalue weighted by Gasteiger charge is 2.33. The van der Waals surface area contributed by atoms with Crippen molar-refractivity contribution in [3.05, 3.63) is 17.0 Å². The van der Waals surface area contributed by atoms with E-state index in [1.54, 1.807) is 6.07 Å². The van der Waals surface area contributed by atoms with Crippen molar-refractivity contribution in [3.8, 4) is 0 Å². The molecule has 6 nitrogen and oxygen atoms in total. The Bertz CT molecular complexity index is 628. The zero-order valence-corrected chi connectivity index (χ0v) is 15.3. The Morgan fingerprint density at radius 2 is 2.17 bits per heavy atom. The molecule has 1 aliphatic heterocycles. The Morgan fingerprint density at radius 3 is 2.83 bits per heavy atom. The molecule has 130 valence electrons. The van der Waals surface area contributed by atoms with Crippen LogP contribution in [-0.2, 0) is 14.8 Å². The van der Waals surface area contributed by atoms with Crippen molar-refractivity contribution in [2.24, 2.45) is 5.92 Å². The van der Waals surface area contributed by atoms with Gasteiger partial charge in [-0.25, -0.2) is 8.42 Å². The molecule has 1 aliphatic rings. The van der Waals surface area contributed by atoms with Crippen molar-refractivity contribution in [1.29, 1.82) is 0 Å². The quantitative estimate of drug-likeness (QED) is 0.717. The van der Waals surface area contributed by atoms with Crippen molar-refractivity contribution in [1.82, 2.24) is 14.9 Å². The van der Waals surface area contributed by atoms with Gasteiger partial charge in [0.2, 0.25) is 5.91 Å². The van der Waals surface area contributed by atoms with Gasteiger partial charge in [0.25, 0.3) is 10.0 Å². The average molecular weight is 360 g/mol. The highest BCUT2D eigenvalue weighted by atomic mass is 32.2. The summed E-state index contributed by atoms with van der Waals surface area (Å²) < 4.78 is 27.1. The molecule has 0 bridgehead atoms. The first-order chi connectivity index (χ1) is 10.9. The van der Waals surface area contributed by atoms with Gasteiger partial charge in [-0.05, 0) is 38.4 Å². The number of amides is 1. The summed E-state index contributed by atoms with van der Waals surface area (Å²) in [4.78, 5) is 13.2. The van der Waals surface area contributed by atoms with Gasteiger partial charge in [-0.1, -0.05) is 6.92 Å². The third-order valence-corrected chi connectivity index (χ3v) is 7.25. The molecule has 2 heterocycles. The molecule has 8 heteroatoms. The minimum absolute atomic E-state index is 0.0508. The van der Waals surface area contributed by atoms with Gasteiger partial charge >= 0.3 is 0 Å². The number of piperidine rings is 1. The molecule has 0 saturated carbocycles. The number of sulfonamides is 1. The van der Waals surface area contributed by atoms with Gasteiger partial charge in [0.05, 0.1) is 5.92 Å². The minimum atomic E-state index is -3.48. The van der Waals surface area contributed by atoms with E-state index >= 15 is 0 Å². The monoisotopic (exact) mass is 359 g/mol. The van der Waals surface area contributed by atoms with Gasteiger partial charge in [0.1, 0.15) is 4.21 Å². The van der Waals surface area contributed by atoms with E-state index < -0.39 is 10.0 Å². The van der Waals surface area contributed by atoms with E-state index in [0.29, 0.717) is 17.3 Å². The second-order valence-electron chi connectivity index (χ2n) is 5.71. The Morgan fingerprint density at radius 1 is 1.39 bits per heavy atom. The first kappa shape index (κ1) is 18.4. The largest absolute Gasteiger partial charge is 0.355 e. The number of hydrogen-bond donors (Lipinski definition) is 2. The molecule has 0 aliphatic carbocycles. The van der Waals surface area contributed by atoms with Crippen LogP contribution in [0, 0.1) is 12.8 Å². The predicted octanol–water partition coefficient (Wildman–Crippen LogP) is 1.18. The van der Waals surface area contributed by atoms with E-state index in [4.69, 9.17) is 0 Å². The third-order valence-electron chi connectivity index (χ3n) is 3.92. The van der Waals surface area contributed by atoms with E-state index in [9.17, 15) is 13.2 Å². The third kappa shape index (κ3) is 4.76. The second kappa shape index (κ2) is 8.23. The summed E-state index contributed by atoms with van der Waals surface area (Å²) in [5.41, 5.74) is 0. The number of carbonyl (C=O) groups excluding carboxylic acids is 1. The van der Waals surface area contributed by atoms with Crippen LogP contribution in [0.15, 0.2) is 16.3 Å². The minimum Gasteiger partial charge on any atom is -0.355 e. The van der Waals surface area contributed by atoms with Crippen LogP contribution in [0.5, 0.6) is 0 Å². The molecule has 1 atom stereocenters. The van der Waals surface area contributed by atoms with Crippen LogP contribution in [0.4, 0.5) is 0 Å². The molecular weight excluding hydrogens is 334 g/mol. The number of nitrogens with one attached hydrogen (secondary N) is 2. The number of hydrogen-bond acceptors (Lipinski definition) is 5. The molecule has 1 aromatic rings. The van der Waals surface area contributed by atoms with Gasteiger partial charge in [-0.3, -0.25) is 4.79 Å². The molecule has 0 spiro atoms. The van der Waals surface area contributed by atoms with Crippen LogP contribution in [0.3, 0.4) is 0 Å². The number of carbonyl (C=O) groups is 1. The summed E-state index contributed by atoms with van der Waals surface area (Å²) >= 11 is 1.28. The standard InChI is InChI=1S/C15H25N3O3S2/c1-3-16-8-9-17-15(19)13-5-4-10-18(11-13)23(20,21)14-7-6-12(2)22-14/h6-7,13,16H,3-5,8-11H2,1-2H3,(H,17,19). The summed E-state index contributed by atoms with van der Waals surface area (Å²) in [6.07, 6.45) is 1.46. The van der Waals surface area contributed by atoms with Crippen molar-refractivity contribution >= 4 is 27.3 Å². The molecule has 1 saturated heterocycles. The topological polar surface area (TPSA) is 78.5 Å². The summed E-state index contributed by atoms with van der Waals surface area (Å²) in [6, 6.07) is 3.46. The fraction of sp³-hybridized carbons (Fsp3) is 0.667. The maximum Gasteiger partial charge on any atom is 0.252 e. The molecule has 2 rings (SSSR count). The van der Waals surface area contributed by atoms with E-state index in [1.165, 1.54) is 15.6 Å². The number of rotatable bonds is 7. The Labute approximate surface area is 142 Å². The smallest absolute Gasteiger partial charge is 0.252 e. The van der Waals surface area contributed by atoms with Crippen LogP contribution in [0.25, 0.3) is 0 Å². The van der Waals surface area contributed by atoms with Gasteiger partial charge in [0, 0.05) is 31.1 Å². The lowest BCUT2D eigenvalue weighted by Crippen LogP contribution is -2.46. The zero-order chi connectivity index (χ0) is 16.9. The normalized spacial score (nSPS) is 19.7. The molecule has 1 aromatic heterocycles. The molecule has 2 N–H and O–H groups in total. The molecular formula is C15H25N3O3S2. The first-order valence-corrected chi connectivity index (χ1v) is 10.3. The lowest BCUT2D eigenvalue weighted by atomic mass is 9.99. The summed E-state index contributed by atoms with van der Waals surface area (Å²) in [5.74, 6) is -0.314. The molecule has 1 fully saturated rings. The number of nitrogens with zero attached hydrogens (tertiary/aromatic N) is 1. The van der Waals surface area contributed by atoms with E-state index in [0.717, 1.165) is 30.8 Å². The highest BCUT2D eigenvalue weighted by molar-refractivity contribution is 7.91. The number of likely N-dealkylation sites (N-methyl/N-ethyl adjacent to an activating group) is 1. The maximum atomic E-state index is 12.7. The van der Waals surface area contributed by atoms with Crippen LogP contribution in [-0.4, -0.2) is 51.4 Å². The molecule has 1 unspecified atom stereocenters. The number of aryl methyl sites for hydroxylation is 1. The molecule has 1 amide bonds. The predicted molar refractivity (Wildman–Crippen MR) is 92.1 cm³/mol. The fourth-order valence-corrected chi connectivity index (χ4v) is 5.61. The second-order valence-corrected chi connectivity index (χ2v) is 9.16. The van der Waals surface area contributed by atoms with Crippen molar-refractivity contribution in [3.63, 3.8) is 0 Å². The number of thiophene rings is 1. The zero-order valence-electron chi connectivity index (χ0n) is 13.7. The molecule has 23 heavy (non-hydrogen) atoms. The summed E-state index contributed by atoms with van der Waals surface area (Å²) in [5, 5.41) is 6.03. The Balaban J connectivity index is 1.96. The highest BCUT2D eigenvalue weighted by Crippen LogP contribution is 2.28. The van der Waals surface area contributed by atoms with Crippen molar-refractivity contribution in [2.45, 2.75) is 30.9 Å². The fourth-order valence-electron chi connectivity index (χ4n) is 2.65. The van der Waals surface area contributed by atoms with Crippen LogP contribution in [0.2, 0.25) is 0 Å². The Hall–Kier alpha value is -0.960. The van der Waals surface area contributed by atoms with E-state index in [-0.39, 0.29) is 18.4 Å². The lowest BCUT2D eigenvalue weighted by molar-refractivity contribution is -0.126.